The third-order valence-electron chi connectivity index (χ3n) is 4.45. The third-order valence-corrected chi connectivity index (χ3v) is 4.45. The van der Waals surface area contributed by atoms with Crippen molar-refractivity contribution in [2.24, 2.45) is 4.99 Å². The molecule has 0 radical (unpaired) electrons. The van der Waals surface area contributed by atoms with Gasteiger partial charge in [-0.1, -0.05) is 42.5 Å². The number of rotatable bonds is 9. The minimum absolute atomic E-state index is 0.0552. The van der Waals surface area contributed by atoms with Crippen LogP contribution in [0.15, 0.2) is 59.6 Å². The van der Waals surface area contributed by atoms with E-state index in [0.717, 1.165) is 24.6 Å². The number of hydrogen-bond acceptors (Lipinski definition) is 3. The van der Waals surface area contributed by atoms with Crippen molar-refractivity contribution in [1.29, 1.82) is 0 Å². The summed E-state index contributed by atoms with van der Waals surface area (Å²) in [6.45, 7) is 6.87. The molecule has 29 heavy (non-hydrogen) atoms. The molecule has 3 N–H and O–H groups in total. The van der Waals surface area contributed by atoms with Gasteiger partial charge in [0.15, 0.2) is 5.96 Å². The first-order valence-electron chi connectivity index (χ1n) is 10.1. The molecule has 156 valence electrons. The smallest absolute Gasteiger partial charge is 0.251 e. The van der Waals surface area contributed by atoms with E-state index in [-0.39, 0.29) is 11.9 Å². The van der Waals surface area contributed by atoms with Crippen LogP contribution in [-0.4, -0.2) is 50.5 Å². The molecule has 0 bridgehead atoms. The normalized spacial score (nSPS) is 12.5. The molecule has 0 saturated carbocycles. The summed E-state index contributed by atoms with van der Waals surface area (Å²) in [6.07, 6.45) is 0. The molecule has 1 unspecified atom stereocenters. The molecule has 0 saturated heterocycles. The average molecular weight is 396 g/mol. The Hall–Kier alpha value is -2.86. The molecule has 2 rings (SSSR count). The Morgan fingerprint density at radius 2 is 1.83 bits per heavy atom. The number of likely N-dealkylation sites (N-methyl/N-ethyl adjacent to an activating group) is 1. The van der Waals surface area contributed by atoms with Crippen molar-refractivity contribution in [1.82, 2.24) is 20.9 Å². The Bertz CT molecular complexity index is 789. The molecule has 6 heteroatoms. The number of aliphatic imine (C=N–C) groups is 1. The highest BCUT2D eigenvalue weighted by atomic mass is 16.1. The van der Waals surface area contributed by atoms with Gasteiger partial charge in [0, 0.05) is 25.2 Å². The maximum atomic E-state index is 12.3. The Morgan fingerprint density at radius 1 is 1.07 bits per heavy atom. The lowest BCUT2D eigenvalue weighted by Gasteiger charge is -2.18. The highest BCUT2D eigenvalue weighted by molar-refractivity contribution is 5.94. The first-order chi connectivity index (χ1) is 14.0. The number of hydrogen-bond donors (Lipinski definition) is 3. The quantitative estimate of drug-likeness (QED) is 0.451. The summed E-state index contributed by atoms with van der Waals surface area (Å²) in [5.41, 5.74) is 2.86. The maximum absolute atomic E-state index is 12.3. The number of carbonyl (C=O) groups excluding carboxylic acids is 1. The SMILES string of the molecule is CCNC(=NCc1cccc(C(=O)NCCN(C)C)c1)NC(C)c1ccccc1. The van der Waals surface area contributed by atoms with Crippen LogP contribution in [0.2, 0.25) is 0 Å². The summed E-state index contributed by atoms with van der Waals surface area (Å²) < 4.78 is 0. The zero-order valence-electron chi connectivity index (χ0n) is 17.9. The van der Waals surface area contributed by atoms with Crippen molar-refractivity contribution in [3.8, 4) is 0 Å². The molecule has 0 aliphatic rings. The van der Waals surface area contributed by atoms with Crippen LogP contribution in [0.25, 0.3) is 0 Å². The van der Waals surface area contributed by atoms with E-state index < -0.39 is 0 Å². The van der Waals surface area contributed by atoms with Crippen LogP contribution in [0.4, 0.5) is 0 Å². The predicted molar refractivity (Wildman–Crippen MR) is 120 cm³/mol. The third kappa shape index (κ3) is 7.95. The van der Waals surface area contributed by atoms with Gasteiger partial charge in [0.25, 0.3) is 5.91 Å². The second kappa shape index (κ2) is 11.9. The summed E-state index contributed by atoms with van der Waals surface area (Å²) in [4.78, 5) is 19.1. The molecule has 1 amide bonds. The Kier molecular flexibility index (Phi) is 9.18. The average Bonchev–Trinajstić information content (AvgIpc) is 2.72. The summed E-state index contributed by atoms with van der Waals surface area (Å²) in [5, 5.41) is 9.67. The molecule has 6 nitrogen and oxygen atoms in total. The number of benzene rings is 2. The molecule has 2 aromatic carbocycles. The minimum atomic E-state index is -0.0552. The molecule has 0 aliphatic heterocycles. The van der Waals surface area contributed by atoms with Gasteiger partial charge in [-0.2, -0.15) is 0 Å². The number of nitrogens with zero attached hydrogens (tertiary/aromatic N) is 2. The van der Waals surface area contributed by atoms with E-state index in [1.807, 2.05) is 68.4 Å². The van der Waals surface area contributed by atoms with E-state index in [0.29, 0.717) is 18.7 Å². The van der Waals surface area contributed by atoms with Gasteiger partial charge in [-0.05, 0) is 51.2 Å². The Balaban J connectivity index is 2.00. The molecular weight excluding hydrogens is 362 g/mol. The summed E-state index contributed by atoms with van der Waals surface area (Å²) in [5.74, 6) is 0.699. The largest absolute Gasteiger partial charge is 0.357 e. The van der Waals surface area contributed by atoms with Crippen LogP contribution in [0, 0.1) is 0 Å². The lowest BCUT2D eigenvalue weighted by Crippen LogP contribution is -2.38. The monoisotopic (exact) mass is 395 g/mol. The van der Waals surface area contributed by atoms with Crippen LogP contribution in [0.3, 0.4) is 0 Å². The fourth-order valence-electron chi connectivity index (χ4n) is 2.83. The second-order valence-corrected chi connectivity index (χ2v) is 7.23. The van der Waals surface area contributed by atoms with Gasteiger partial charge in [0.05, 0.1) is 12.6 Å². The molecule has 0 spiro atoms. The van der Waals surface area contributed by atoms with Crippen LogP contribution in [0.5, 0.6) is 0 Å². The van der Waals surface area contributed by atoms with E-state index in [2.05, 4.69) is 35.0 Å². The van der Waals surface area contributed by atoms with Crippen molar-refractivity contribution >= 4 is 11.9 Å². The maximum Gasteiger partial charge on any atom is 0.251 e. The number of guanidine groups is 1. The fraction of sp³-hybridized carbons (Fsp3) is 0.391. The second-order valence-electron chi connectivity index (χ2n) is 7.23. The number of nitrogens with one attached hydrogen (secondary N) is 3. The summed E-state index contributed by atoms with van der Waals surface area (Å²) in [6, 6.07) is 18.0. The van der Waals surface area contributed by atoms with Crippen LogP contribution >= 0.6 is 0 Å². The van der Waals surface area contributed by atoms with Gasteiger partial charge in [-0.15, -0.1) is 0 Å². The van der Waals surface area contributed by atoms with Gasteiger partial charge >= 0.3 is 0 Å². The van der Waals surface area contributed by atoms with Crippen molar-refractivity contribution in [3.63, 3.8) is 0 Å². The van der Waals surface area contributed by atoms with Gasteiger partial charge in [-0.25, -0.2) is 4.99 Å². The first kappa shape index (κ1) is 22.4. The van der Waals surface area contributed by atoms with Crippen LogP contribution < -0.4 is 16.0 Å². The summed E-state index contributed by atoms with van der Waals surface area (Å²) in [7, 11) is 3.97. The van der Waals surface area contributed by atoms with Crippen LogP contribution in [0.1, 0.15) is 41.4 Å². The first-order valence-corrected chi connectivity index (χ1v) is 10.1. The van der Waals surface area contributed by atoms with E-state index in [1.54, 1.807) is 0 Å². The number of carbonyl (C=O) groups is 1. The molecule has 0 fully saturated rings. The highest BCUT2D eigenvalue weighted by Crippen LogP contribution is 2.11. The molecular formula is C23H33N5O. The van der Waals surface area contributed by atoms with E-state index in [1.165, 1.54) is 5.56 Å². The van der Waals surface area contributed by atoms with Gasteiger partial charge in [0.1, 0.15) is 0 Å². The van der Waals surface area contributed by atoms with Gasteiger partial charge in [0.2, 0.25) is 0 Å². The highest BCUT2D eigenvalue weighted by Gasteiger charge is 2.08. The van der Waals surface area contributed by atoms with Gasteiger partial charge in [-0.3, -0.25) is 4.79 Å². The van der Waals surface area contributed by atoms with Crippen LogP contribution in [-0.2, 0) is 6.54 Å². The lowest BCUT2D eigenvalue weighted by atomic mass is 10.1. The predicted octanol–water partition coefficient (Wildman–Crippen LogP) is 2.79. The zero-order valence-corrected chi connectivity index (χ0v) is 17.9. The van der Waals surface area contributed by atoms with Crippen molar-refractivity contribution in [2.45, 2.75) is 26.4 Å². The standard InChI is InChI=1S/C23H33N5O/c1-5-24-23(27-18(2)20-11-7-6-8-12-20)26-17-19-10-9-13-21(16-19)22(29)25-14-15-28(3)4/h6-13,16,18H,5,14-15,17H2,1-4H3,(H,25,29)(H2,24,26,27). The molecule has 2 aromatic rings. The Labute approximate surface area is 174 Å². The van der Waals surface area contributed by atoms with Crippen molar-refractivity contribution in [3.05, 3.63) is 71.3 Å². The minimum Gasteiger partial charge on any atom is -0.357 e. The van der Waals surface area contributed by atoms with Crippen molar-refractivity contribution < 1.29 is 4.79 Å². The van der Waals surface area contributed by atoms with Gasteiger partial charge < -0.3 is 20.9 Å². The lowest BCUT2D eigenvalue weighted by molar-refractivity contribution is 0.0951. The molecule has 0 heterocycles. The number of amides is 1. The van der Waals surface area contributed by atoms with E-state index in [4.69, 9.17) is 4.99 Å². The topological polar surface area (TPSA) is 68.8 Å². The van der Waals surface area contributed by atoms with E-state index in [9.17, 15) is 4.79 Å². The molecule has 0 aromatic heterocycles. The zero-order chi connectivity index (χ0) is 21.1. The molecule has 0 aliphatic carbocycles. The van der Waals surface area contributed by atoms with Crippen molar-refractivity contribution in [2.75, 3.05) is 33.7 Å². The fourth-order valence-corrected chi connectivity index (χ4v) is 2.83. The van der Waals surface area contributed by atoms with E-state index >= 15 is 0 Å². The summed E-state index contributed by atoms with van der Waals surface area (Å²) >= 11 is 0. The Morgan fingerprint density at radius 3 is 2.52 bits per heavy atom. The molecule has 1 atom stereocenters.